The van der Waals surface area contributed by atoms with Crippen LogP contribution in [0.3, 0.4) is 0 Å². The number of amides is 1. The summed E-state index contributed by atoms with van der Waals surface area (Å²) in [6, 6.07) is 0.568. The van der Waals surface area contributed by atoms with Crippen LogP contribution in [-0.4, -0.2) is 36.5 Å². The summed E-state index contributed by atoms with van der Waals surface area (Å²) in [7, 11) is 0. The van der Waals surface area contributed by atoms with E-state index in [1.165, 1.54) is 51.4 Å². The molecule has 118 valence electrons. The van der Waals surface area contributed by atoms with Crippen LogP contribution in [0.25, 0.3) is 0 Å². The van der Waals surface area contributed by atoms with Crippen LogP contribution < -0.4 is 5.32 Å². The Kier molecular flexibility index (Phi) is 3.95. The van der Waals surface area contributed by atoms with Crippen molar-refractivity contribution in [1.82, 2.24) is 10.2 Å². The zero-order valence-corrected chi connectivity index (χ0v) is 13.2. The number of rotatable bonds is 3. The van der Waals surface area contributed by atoms with E-state index >= 15 is 0 Å². The summed E-state index contributed by atoms with van der Waals surface area (Å²) in [6.07, 6.45) is 11.5. The standard InChI is InChI=1S/C18H30N2O/c21-18(12-16-11-13-3-4-15(16)10-13)20-9-1-2-17(20)14-5-7-19-8-6-14/h13-17,19H,1-12H2. The summed E-state index contributed by atoms with van der Waals surface area (Å²) >= 11 is 0. The van der Waals surface area contributed by atoms with Crippen molar-refractivity contribution in [3.8, 4) is 0 Å². The van der Waals surface area contributed by atoms with E-state index in [1.807, 2.05) is 0 Å². The van der Waals surface area contributed by atoms with Crippen LogP contribution in [0.1, 0.15) is 57.8 Å². The van der Waals surface area contributed by atoms with Crippen LogP contribution in [0.2, 0.25) is 0 Å². The van der Waals surface area contributed by atoms with Gasteiger partial charge in [-0.1, -0.05) is 6.42 Å². The fraction of sp³-hybridized carbons (Fsp3) is 0.944. The van der Waals surface area contributed by atoms with Crippen molar-refractivity contribution in [3.05, 3.63) is 0 Å². The largest absolute Gasteiger partial charge is 0.339 e. The van der Waals surface area contributed by atoms with Crippen molar-refractivity contribution in [2.45, 2.75) is 63.8 Å². The van der Waals surface area contributed by atoms with E-state index in [4.69, 9.17) is 0 Å². The zero-order valence-electron chi connectivity index (χ0n) is 13.2. The van der Waals surface area contributed by atoms with Crippen LogP contribution in [0.4, 0.5) is 0 Å². The Morgan fingerprint density at radius 1 is 1.00 bits per heavy atom. The number of carbonyl (C=O) groups excluding carboxylic acids is 1. The minimum atomic E-state index is 0.494. The quantitative estimate of drug-likeness (QED) is 0.867. The monoisotopic (exact) mass is 290 g/mol. The Bertz CT molecular complexity index is 391. The van der Waals surface area contributed by atoms with E-state index in [-0.39, 0.29) is 0 Å². The maximum atomic E-state index is 12.8. The van der Waals surface area contributed by atoms with Gasteiger partial charge >= 0.3 is 0 Å². The smallest absolute Gasteiger partial charge is 0.223 e. The molecular formula is C18H30N2O. The van der Waals surface area contributed by atoms with Gasteiger partial charge < -0.3 is 10.2 Å². The Labute approximate surface area is 128 Å². The lowest BCUT2D eigenvalue weighted by Crippen LogP contribution is -2.44. The fourth-order valence-electron chi connectivity index (χ4n) is 5.79. The highest BCUT2D eigenvalue weighted by Gasteiger charge is 2.42. The third-order valence-electron chi connectivity index (χ3n) is 6.87. The van der Waals surface area contributed by atoms with E-state index in [9.17, 15) is 4.79 Å². The number of carbonyl (C=O) groups is 1. The van der Waals surface area contributed by atoms with Gasteiger partial charge in [0.25, 0.3) is 0 Å². The first-order chi connectivity index (χ1) is 10.3. The molecule has 1 amide bonds. The lowest BCUT2D eigenvalue weighted by Gasteiger charge is -2.35. The lowest BCUT2D eigenvalue weighted by atomic mass is 9.85. The topological polar surface area (TPSA) is 32.3 Å². The zero-order chi connectivity index (χ0) is 14.2. The predicted octanol–water partition coefficient (Wildman–Crippen LogP) is 2.80. The normalized spacial score (nSPS) is 40.1. The molecule has 1 N–H and O–H groups in total. The van der Waals surface area contributed by atoms with Crippen molar-refractivity contribution in [2.75, 3.05) is 19.6 Å². The molecule has 2 saturated heterocycles. The molecule has 3 heteroatoms. The summed E-state index contributed by atoms with van der Waals surface area (Å²) in [6.45, 7) is 3.33. The van der Waals surface area contributed by atoms with Gasteiger partial charge in [-0.05, 0) is 81.7 Å². The van der Waals surface area contributed by atoms with Crippen LogP contribution in [-0.2, 0) is 4.79 Å². The second kappa shape index (κ2) is 5.91. The lowest BCUT2D eigenvalue weighted by molar-refractivity contribution is -0.134. The molecule has 0 aromatic carbocycles. The molecular weight excluding hydrogens is 260 g/mol. The van der Waals surface area contributed by atoms with E-state index < -0.39 is 0 Å². The van der Waals surface area contributed by atoms with Gasteiger partial charge in [-0.15, -0.1) is 0 Å². The van der Waals surface area contributed by atoms with Crippen LogP contribution in [0.5, 0.6) is 0 Å². The average molecular weight is 290 g/mol. The first-order valence-electron chi connectivity index (χ1n) is 9.31. The Balaban J connectivity index is 1.36. The maximum Gasteiger partial charge on any atom is 0.223 e. The van der Waals surface area contributed by atoms with E-state index in [0.29, 0.717) is 11.9 Å². The summed E-state index contributed by atoms with van der Waals surface area (Å²) in [5.74, 6) is 3.84. The molecule has 4 atom stereocenters. The summed E-state index contributed by atoms with van der Waals surface area (Å²) in [4.78, 5) is 15.1. The second-order valence-corrected chi connectivity index (χ2v) is 8.02. The van der Waals surface area contributed by atoms with Gasteiger partial charge in [0.15, 0.2) is 0 Å². The number of nitrogens with one attached hydrogen (secondary N) is 1. The molecule has 2 saturated carbocycles. The molecule has 4 fully saturated rings. The Hall–Kier alpha value is -0.570. The molecule has 4 aliphatic rings. The molecule has 2 heterocycles. The van der Waals surface area contributed by atoms with Gasteiger partial charge in [0, 0.05) is 19.0 Å². The highest BCUT2D eigenvalue weighted by Crippen LogP contribution is 2.49. The van der Waals surface area contributed by atoms with E-state index in [0.717, 1.165) is 49.7 Å². The van der Waals surface area contributed by atoms with Crippen LogP contribution in [0, 0.1) is 23.7 Å². The third kappa shape index (κ3) is 2.74. The van der Waals surface area contributed by atoms with Gasteiger partial charge in [0.05, 0.1) is 0 Å². The number of hydrogen-bond donors (Lipinski definition) is 1. The molecule has 0 aromatic heterocycles. The summed E-state index contributed by atoms with van der Waals surface area (Å²) in [5, 5.41) is 3.46. The van der Waals surface area contributed by atoms with Crippen molar-refractivity contribution in [3.63, 3.8) is 0 Å². The molecule has 4 unspecified atom stereocenters. The first kappa shape index (κ1) is 14.0. The average Bonchev–Trinajstić information content (AvgIpc) is 3.24. The minimum absolute atomic E-state index is 0.494. The molecule has 3 nitrogen and oxygen atoms in total. The van der Waals surface area contributed by atoms with Crippen molar-refractivity contribution >= 4 is 5.91 Å². The van der Waals surface area contributed by atoms with E-state index in [1.54, 1.807) is 0 Å². The molecule has 2 bridgehead atoms. The third-order valence-corrected chi connectivity index (χ3v) is 6.87. The van der Waals surface area contributed by atoms with E-state index in [2.05, 4.69) is 10.2 Å². The van der Waals surface area contributed by atoms with Crippen molar-refractivity contribution < 1.29 is 4.79 Å². The number of nitrogens with zero attached hydrogens (tertiary/aromatic N) is 1. The van der Waals surface area contributed by atoms with Crippen LogP contribution in [0.15, 0.2) is 0 Å². The van der Waals surface area contributed by atoms with Crippen LogP contribution >= 0.6 is 0 Å². The predicted molar refractivity (Wildman–Crippen MR) is 83.9 cm³/mol. The molecule has 0 radical (unpaired) electrons. The maximum absolute atomic E-state index is 12.8. The van der Waals surface area contributed by atoms with Gasteiger partial charge in [0.1, 0.15) is 0 Å². The number of hydrogen-bond acceptors (Lipinski definition) is 2. The summed E-state index contributed by atoms with van der Waals surface area (Å²) < 4.78 is 0. The first-order valence-corrected chi connectivity index (χ1v) is 9.31. The number of likely N-dealkylation sites (tertiary alicyclic amines) is 1. The van der Waals surface area contributed by atoms with Crippen molar-refractivity contribution in [1.29, 1.82) is 0 Å². The molecule has 21 heavy (non-hydrogen) atoms. The van der Waals surface area contributed by atoms with Gasteiger partial charge in [0.2, 0.25) is 5.91 Å². The number of fused-ring (bicyclic) bond motifs is 2. The van der Waals surface area contributed by atoms with Crippen molar-refractivity contribution in [2.24, 2.45) is 23.7 Å². The van der Waals surface area contributed by atoms with Gasteiger partial charge in [-0.2, -0.15) is 0 Å². The fourth-order valence-corrected chi connectivity index (χ4v) is 5.79. The summed E-state index contributed by atoms with van der Waals surface area (Å²) in [5.41, 5.74) is 0. The molecule has 2 aliphatic carbocycles. The SMILES string of the molecule is O=C(CC1CC2CCC1C2)N1CCCC1C1CCNCC1. The molecule has 0 spiro atoms. The van der Waals surface area contributed by atoms with Gasteiger partial charge in [-0.25, -0.2) is 0 Å². The highest BCUT2D eigenvalue weighted by molar-refractivity contribution is 5.77. The molecule has 2 aliphatic heterocycles. The number of piperidine rings is 1. The molecule has 4 rings (SSSR count). The second-order valence-electron chi connectivity index (χ2n) is 8.02. The Morgan fingerprint density at radius 2 is 1.86 bits per heavy atom. The molecule has 0 aromatic rings. The highest BCUT2D eigenvalue weighted by atomic mass is 16.2. The van der Waals surface area contributed by atoms with Gasteiger partial charge in [-0.3, -0.25) is 4.79 Å². The minimum Gasteiger partial charge on any atom is -0.339 e. The Morgan fingerprint density at radius 3 is 2.57 bits per heavy atom.